The molecule has 2 aromatic rings. The first-order valence-corrected chi connectivity index (χ1v) is 15.3. The Morgan fingerprint density at radius 3 is 2.46 bits per heavy atom. The van der Waals surface area contributed by atoms with Crippen molar-refractivity contribution in [2.45, 2.75) is 31.7 Å². The molecule has 0 bridgehead atoms. The lowest BCUT2D eigenvalue weighted by Crippen LogP contribution is -2.61. The third-order valence-electron chi connectivity index (χ3n) is 7.74. The zero-order valence-corrected chi connectivity index (χ0v) is 24.8. The van der Waals surface area contributed by atoms with Crippen molar-refractivity contribution < 1.29 is 18.0 Å². The number of benzene rings is 1. The molecule has 2 saturated heterocycles. The summed E-state index contributed by atoms with van der Waals surface area (Å²) in [5, 5.41) is 10.6. The largest absolute Gasteiger partial charge is 0.497 e. The van der Waals surface area contributed by atoms with Crippen LogP contribution in [0.4, 0.5) is 23.1 Å². The lowest BCUT2D eigenvalue weighted by atomic mass is 9.83. The molecule has 0 unspecified atom stereocenters. The summed E-state index contributed by atoms with van der Waals surface area (Å²) in [6.07, 6.45) is 5.76. The van der Waals surface area contributed by atoms with Crippen LogP contribution in [-0.2, 0) is 14.9 Å². The number of nitrogens with zero attached hydrogens (tertiary/aromatic N) is 6. The molecule has 0 radical (unpaired) electrons. The van der Waals surface area contributed by atoms with Crippen molar-refractivity contribution in [3.8, 4) is 5.75 Å². The van der Waals surface area contributed by atoms with Crippen molar-refractivity contribution in [1.29, 1.82) is 0 Å². The van der Waals surface area contributed by atoms with Crippen LogP contribution in [0.2, 0.25) is 5.02 Å². The molecular formula is C25H39ClN8O4S. The number of hydrogen-bond donors (Lipinski definition) is 2. The number of hydrazine groups is 1. The van der Waals surface area contributed by atoms with Gasteiger partial charge in [-0.1, -0.05) is 18.5 Å². The molecule has 0 aliphatic carbocycles. The van der Waals surface area contributed by atoms with Crippen LogP contribution in [0.15, 0.2) is 24.4 Å². The van der Waals surface area contributed by atoms with E-state index in [2.05, 4.69) is 37.4 Å². The molecule has 2 N–H and O–H groups in total. The summed E-state index contributed by atoms with van der Waals surface area (Å²) < 4.78 is 31.1. The molecule has 12 nitrogen and oxygen atoms in total. The molecule has 2 aliphatic rings. The van der Waals surface area contributed by atoms with E-state index in [1.807, 2.05) is 0 Å². The highest BCUT2D eigenvalue weighted by molar-refractivity contribution is 7.92. The first kappa shape index (κ1) is 29.6. The number of halogens is 1. The molecule has 0 amide bonds. The number of anilines is 4. The third-order valence-corrected chi connectivity index (χ3v) is 9.21. The van der Waals surface area contributed by atoms with E-state index in [1.165, 1.54) is 24.7 Å². The third kappa shape index (κ3) is 6.50. The first-order chi connectivity index (χ1) is 18.6. The van der Waals surface area contributed by atoms with Crippen LogP contribution in [-0.4, -0.2) is 101 Å². The molecule has 2 aliphatic heterocycles. The molecule has 216 valence electrons. The van der Waals surface area contributed by atoms with E-state index < -0.39 is 10.0 Å². The quantitative estimate of drug-likeness (QED) is 0.403. The molecule has 4 rings (SSSR count). The van der Waals surface area contributed by atoms with Crippen LogP contribution in [0.5, 0.6) is 5.75 Å². The Labute approximate surface area is 236 Å². The minimum atomic E-state index is -3.54. The molecule has 0 atom stereocenters. The van der Waals surface area contributed by atoms with E-state index in [0.717, 1.165) is 64.8 Å². The summed E-state index contributed by atoms with van der Waals surface area (Å²) in [5.74, 6) is 1.15. The standard InChI is InChI=1S/C25H39ClN8O4S/c1-6-25(32-15-11-27-12-16-32)9-13-33(14-10-25)34(38-4)24-28-18-20(26)23(30-24)29-21-8-7-19(37-3)17-22(21)31(2)39(5,35)36/h7-8,17-18,27H,6,9-16H2,1-5H3,(H,28,29,30). The topological polar surface area (TPSA) is 115 Å². The van der Waals surface area contributed by atoms with Gasteiger partial charge in [0, 0.05) is 57.9 Å². The number of nitrogens with one attached hydrogen (secondary N) is 2. The summed E-state index contributed by atoms with van der Waals surface area (Å²) in [4.78, 5) is 17.5. The summed E-state index contributed by atoms with van der Waals surface area (Å²) in [6.45, 7) is 8.06. The molecule has 1 aromatic heterocycles. The Bertz CT molecular complexity index is 1240. The number of piperazine rings is 1. The molecule has 14 heteroatoms. The highest BCUT2D eigenvalue weighted by atomic mass is 35.5. The molecular weight excluding hydrogens is 544 g/mol. The van der Waals surface area contributed by atoms with Gasteiger partial charge in [0.2, 0.25) is 10.0 Å². The average molecular weight is 583 g/mol. The second-order valence-corrected chi connectivity index (χ2v) is 12.3. The zero-order chi connectivity index (χ0) is 28.2. The van der Waals surface area contributed by atoms with Gasteiger partial charge in [0.25, 0.3) is 5.95 Å². The fourth-order valence-corrected chi connectivity index (χ4v) is 5.94. The summed E-state index contributed by atoms with van der Waals surface area (Å²) in [5.41, 5.74) is 1.06. The van der Waals surface area contributed by atoms with Crippen LogP contribution in [0.1, 0.15) is 26.2 Å². The van der Waals surface area contributed by atoms with Crippen LogP contribution in [0.25, 0.3) is 0 Å². The van der Waals surface area contributed by atoms with E-state index in [0.29, 0.717) is 28.9 Å². The molecule has 3 heterocycles. The SMILES string of the molecule is CCC1(N2CCNCC2)CCN(N(OC)c2ncc(Cl)c(Nc3ccc(OC)cc3N(C)S(C)(=O)=O)n2)CC1. The Morgan fingerprint density at radius 1 is 1.18 bits per heavy atom. The number of hydrogen-bond acceptors (Lipinski definition) is 11. The van der Waals surface area contributed by atoms with Gasteiger partial charge in [-0.3, -0.25) is 14.0 Å². The molecule has 0 saturated carbocycles. The van der Waals surface area contributed by atoms with Crippen LogP contribution in [0.3, 0.4) is 0 Å². The number of ether oxygens (including phenoxy) is 1. The van der Waals surface area contributed by atoms with Crippen molar-refractivity contribution in [3.05, 3.63) is 29.4 Å². The average Bonchev–Trinajstić information content (AvgIpc) is 2.95. The summed E-state index contributed by atoms with van der Waals surface area (Å²) in [6, 6.07) is 5.08. The van der Waals surface area contributed by atoms with Crippen molar-refractivity contribution in [2.24, 2.45) is 0 Å². The lowest BCUT2D eigenvalue weighted by molar-refractivity contribution is -0.0425. The number of sulfonamides is 1. The maximum atomic E-state index is 12.3. The fourth-order valence-electron chi connectivity index (χ4n) is 5.30. The van der Waals surface area contributed by atoms with Gasteiger partial charge in [-0.25, -0.2) is 13.4 Å². The normalized spacial score (nSPS) is 18.5. The van der Waals surface area contributed by atoms with Gasteiger partial charge in [-0.15, -0.1) is 5.17 Å². The number of rotatable bonds is 10. The Hall–Kier alpha value is -2.42. The predicted molar refractivity (Wildman–Crippen MR) is 154 cm³/mol. The summed E-state index contributed by atoms with van der Waals surface area (Å²) >= 11 is 6.47. The molecule has 39 heavy (non-hydrogen) atoms. The second-order valence-electron chi connectivity index (χ2n) is 9.83. The number of methoxy groups -OCH3 is 1. The van der Waals surface area contributed by atoms with Crippen LogP contribution >= 0.6 is 11.6 Å². The molecule has 0 spiro atoms. The smallest absolute Gasteiger partial charge is 0.267 e. The van der Waals surface area contributed by atoms with Crippen molar-refractivity contribution in [1.82, 2.24) is 25.2 Å². The second kappa shape index (κ2) is 12.4. The van der Waals surface area contributed by atoms with Crippen LogP contribution < -0.4 is 24.8 Å². The zero-order valence-electron chi connectivity index (χ0n) is 23.3. The minimum absolute atomic E-state index is 0.183. The highest BCUT2D eigenvalue weighted by Gasteiger charge is 2.40. The van der Waals surface area contributed by atoms with E-state index >= 15 is 0 Å². The van der Waals surface area contributed by atoms with Gasteiger partial charge in [0.15, 0.2) is 5.82 Å². The Balaban J connectivity index is 1.56. The van der Waals surface area contributed by atoms with E-state index in [-0.39, 0.29) is 10.6 Å². The Kier molecular flexibility index (Phi) is 9.40. The van der Waals surface area contributed by atoms with E-state index in [4.69, 9.17) is 21.2 Å². The van der Waals surface area contributed by atoms with E-state index in [1.54, 1.807) is 30.5 Å². The first-order valence-electron chi connectivity index (χ1n) is 13.1. The summed E-state index contributed by atoms with van der Waals surface area (Å²) in [7, 11) is 1.05. The number of aromatic nitrogens is 2. The van der Waals surface area contributed by atoms with E-state index in [9.17, 15) is 8.42 Å². The van der Waals surface area contributed by atoms with Crippen molar-refractivity contribution in [3.63, 3.8) is 0 Å². The van der Waals surface area contributed by atoms with Gasteiger partial charge in [-0.05, 0) is 31.4 Å². The number of piperidine rings is 1. The predicted octanol–water partition coefficient (Wildman–Crippen LogP) is 2.71. The van der Waals surface area contributed by atoms with Crippen molar-refractivity contribution in [2.75, 3.05) is 81.6 Å². The fraction of sp³-hybridized carbons (Fsp3) is 0.600. The van der Waals surface area contributed by atoms with Gasteiger partial charge in [-0.2, -0.15) is 9.99 Å². The Morgan fingerprint density at radius 2 is 1.87 bits per heavy atom. The monoisotopic (exact) mass is 582 g/mol. The maximum absolute atomic E-state index is 12.3. The van der Waals surface area contributed by atoms with Crippen molar-refractivity contribution >= 4 is 44.8 Å². The van der Waals surface area contributed by atoms with Gasteiger partial charge >= 0.3 is 0 Å². The minimum Gasteiger partial charge on any atom is -0.497 e. The molecule has 2 fully saturated rings. The van der Waals surface area contributed by atoms with Gasteiger partial charge < -0.3 is 15.4 Å². The van der Waals surface area contributed by atoms with Crippen LogP contribution in [0, 0.1) is 0 Å². The highest BCUT2D eigenvalue weighted by Crippen LogP contribution is 2.36. The van der Waals surface area contributed by atoms with Gasteiger partial charge in [0.05, 0.1) is 38.0 Å². The van der Waals surface area contributed by atoms with Gasteiger partial charge in [0.1, 0.15) is 10.8 Å². The molecule has 1 aromatic carbocycles. The maximum Gasteiger partial charge on any atom is 0.267 e. The lowest BCUT2D eigenvalue weighted by Gasteiger charge is -2.51.